The third-order valence-corrected chi connectivity index (χ3v) is 3.54. The highest BCUT2D eigenvalue weighted by Gasteiger charge is 2.24. The predicted molar refractivity (Wildman–Crippen MR) is 78.0 cm³/mol. The van der Waals surface area contributed by atoms with Crippen LogP contribution in [0.5, 0.6) is 0 Å². The molecule has 1 fully saturated rings. The first-order valence-electron chi connectivity index (χ1n) is 7.23. The molecular formula is C15H19N3O3. The van der Waals surface area contributed by atoms with Crippen molar-refractivity contribution in [3.63, 3.8) is 0 Å². The van der Waals surface area contributed by atoms with Gasteiger partial charge in [0.2, 0.25) is 0 Å². The van der Waals surface area contributed by atoms with Crippen LogP contribution in [0.1, 0.15) is 12.8 Å². The minimum absolute atomic E-state index is 0.0524. The van der Waals surface area contributed by atoms with Gasteiger partial charge in [-0.25, -0.2) is 0 Å². The van der Waals surface area contributed by atoms with Crippen molar-refractivity contribution >= 4 is 5.95 Å². The molecule has 0 amide bonds. The maximum absolute atomic E-state index is 8.83. The van der Waals surface area contributed by atoms with Crippen molar-refractivity contribution in [3.05, 3.63) is 30.3 Å². The average molecular weight is 289 g/mol. The van der Waals surface area contributed by atoms with Crippen LogP contribution in [0.2, 0.25) is 0 Å². The maximum Gasteiger partial charge on any atom is 0.266 e. The zero-order valence-electron chi connectivity index (χ0n) is 11.8. The Labute approximate surface area is 123 Å². The molecule has 2 aromatic rings. The smallest absolute Gasteiger partial charge is 0.266 e. The molecule has 1 unspecified atom stereocenters. The van der Waals surface area contributed by atoms with Crippen LogP contribution >= 0.6 is 0 Å². The molecule has 6 heteroatoms. The molecule has 0 spiro atoms. The molecule has 3 rings (SSSR count). The van der Waals surface area contributed by atoms with Gasteiger partial charge in [-0.05, 0) is 30.1 Å². The molecule has 1 aliphatic heterocycles. The monoisotopic (exact) mass is 289 g/mol. The summed E-state index contributed by atoms with van der Waals surface area (Å²) in [6, 6.07) is 9.73. The van der Waals surface area contributed by atoms with E-state index in [0.717, 1.165) is 31.5 Å². The Morgan fingerprint density at radius 2 is 2.19 bits per heavy atom. The van der Waals surface area contributed by atoms with Gasteiger partial charge in [0, 0.05) is 18.7 Å². The Morgan fingerprint density at radius 3 is 3.00 bits per heavy atom. The fourth-order valence-electron chi connectivity index (χ4n) is 2.52. The molecule has 0 aliphatic carbocycles. The normalized spacial score (nSPS) is 18.9. The van der Waals surface area contributed by atoms with E-state index in [2.05, 4.69) is 15.0 Å². The summed E-state index contributed by atoms with van der Waals surface area (Å²) in [7, 11) is 0. The minimum Gasteiger partial charge on any atom is -0.394 e. The first-order valence-corrected chi connectivity index (χ1v) is 7.23. The predicted octanol–water partition coefficient (Wildman–Crippen LogP) is 1.71. The highest BCUT2D eigenvalue weighted by atomic mass is 16.5. The third kappa shape index (κ3) is 3.40. The molecule has 1 aromatic carbocycles. The first kappa shape index (κ1) is 14.0. The number of aliphatic hydroxyl groups excluding tert-OH is 1. The van der Waals surface area contributed by atoms with Crippen molar-refractivity contribution in [2.75, 3.05) is 31.2 Å². The minimum atomic E-state index is 0.0524. The average Bonchev–Trinajstić information content (AvgIpc) is 3.04. The number of ether oxygens (including phenoxy) is 1. The van der Waals surface area contributed by atoms with E-state index < -0.39 is 0 Å². The van der Waals surface area contributed by atoms with Crippen molar-refractivity contribution in [1.29, 1.82) is 0 Å². The Balaban J connectivity index is 1.68. The summed E-state index contributed by atoms with van der Waals surface area (Å²) in [4.78, 5) is 6.53. The van der Waals surface area contributed by atoms with Crippen LogP contribution in [0.25, 0.3) is 11.5 Å². The molecule has 1 aliphatic rings. The highest BCUT2D eigenvalue weighted by molar-refractivity contribution is 5.54. The number of nitrogens with zero attached hydrogens (tertiary/aromatic N) is 3. The second-order valence-corrected chi connectivity index (χ2v) is 5.07. The van der Waals surface area contributed by atoms with Gasteiger partial charge in [-0.2, -0.15) is 4.98 Å². The fourth-order valence-corrected chi connectivity index (χ4v) is 2.52. The van der Waals surface area contributed by atoms with Crippen LogP contribution in [-0.4, -0.2) is 47.7 Å². The number of benzene rings is 1. The molecule has 2 heterocycles. The van der Waals surface area contributed by atoms with Crippen molar-refractivity contribution in [1.82, 2.24) is 10.1 Å². The van der Waals surface area contributed by atoms with E-state index in [-0.39, 0.29) is 12.7 Å². The fraction of sp³-hybridized carbons (Fsp3) is 0.467. The van der Waals surface area contributed by atoms with E-state index in [1.54, 1.807) is 0 Å². The molecule has 1 aromatic heterocycles. The maximum atomic E-state index is 8.83. The van der Waals surface area contributed by atoms with E-state index in [9.17, 15) is 0 Å². The first-order chi connectivity index (χ1) is 10.4. The van der Waals surface area contributed by atoms with Gasteiger partial charge >= 0.3 is 0 Å². The van der Waals surface area contributed by atoms with Crippen LogP contribution < -0.4 is 4.90 Å². The molecule has 0 saturated carbocycles. The third-order valence-electron chi connectivity index (χ3n) is 3.54. The summed E-state index contributed by atoms with van der Waals surface area (Å²) in [5, 5.41) is 12.9. The SMILES string of the molecule is OCCOC1CCCN(c2noc(-c3ccccc3)n2)C1. The van der Waals surface area contributed by atoms with Gasteiger partial charge in [0.05, 0.1) is 19.3 Å². The number of anilines is 1. The van der Waals surface area contributed by atoms with Crippen molar-refractivity contribution in [2.24, 2.45) is 0 Å². The number of hydrogen-bond donors (Lipinski definition) is 1. The number of aliphatic hydroxyl groups is 1. The highest BCUT2D eigenvalue weighted by Crippen LogP contribution is 2.23. The molecule has 1 saturated heterocycles. The zero-order valence-corrected chi connectivity index (χ0v) is 11.8. The van der Waals surface area contributed by atoms with Crippen molar-refractivity contribution < 1.29 is 14.4 Å². The molecule has 112 valence electrons. The van der Waals surface area contributed by atoms with Gasteiger partial charge in [0.25, 0.3) is 11.8 Å². The van der Waals surface area contributed by atoms with E-state index in [0.29, 0.717) is 18.4 Å². The molecule has 6 nitrogen and oxygen atoms in total. The van der Waals surface area contributed by atoms with E-state index in [1.807, 2.05) is 30.3 Å². The van der Waals surface area contributed by atoms with Gasteiger partial charge in [-0.15, -0.1) is 0 Å². The van der Waals surface area contributed by atoms with E-state index in [1.165, 1.54) is 0 Å². The molecule has 1 N–H and O–H groups in total. The second-order valence-electron chi connectivity index (χ2n) is 5.07. The Kier molecular flexibility index (Phi) is 4.47. The zero-order chi connectivity index (χ0) is 14.5. The summed E-state index contributed by atoms with van der Waals surface area (Å²) < 4.78 is 10.9. The lowest BCUT2D eigenvalue weighted by Gasteiger charge is -2.31. The van der Waals surface area contributed by atoms with E-state index >= 15 is 0 Å². The van der Waals surface area contributed by atoms with Gasteiger partial charge in [-0.1, -0.05) is 18.2 Å². The van der Waals surface area contributed by atoms with Crippen LogP contribution in [-0.2, 0) is 4.74 Å². The van der Waals surface area contributed by atoms with Gasteiger partial charge in [0.15, 0.2) is 0 Å². The van der Waals surface area contributed by atoms with E-state index in [4.69, 9.17) is 14.4 Å². The summed E-state index contributed by atoms with van der Waals surface area (Å²) in [5.74, 6) is 1.13. The van der Waals surface area contributed by atoms with Gasteiger partial charge in [0.1, 0.15) is 0 Å². The van der Waals surface area contributed by atoms with Crippen LogP contribution in [0.4, 0.5) is 5.95 Å². The topological polar surface area (TPSA) is 71.6 Å². The Morgan fingerprint density at radius 1 is 1.33 bits per heavy atom. The van der Waals surface area contributed by atoms with Crippen molar-refractivity contribution in [2.45, 2.75) is 18.9 Å². The number of aromatic nitrogens is 2. The largest absolute Gasteiger partial charge is 0.394 e. The van der Waals surface area contributed by atoms with Crippen LogP contribution in [0.15, 0.2) is 34.9 Å². The van der Waals surface area contributed by atoms with Crippen molar-refractivity contribution in [3.8, 4) is 11.5 Å². The standard InChI is InChI=1S/C15H19N3O3/c19-9-10-20-13-7-4-8-18(11-13)15-16-14(21-17-15)12-5-2-1-3-6-12/h1-3,5-6,13,19H,4,7-11H2. The van der Waals surface area contributed by atoms with Crippen LogP contribution in [0, 0.1) is 0 Å². The summed E-state index contributed by atoms with van der Waals surface area (Å²) in [5.41, 5.74) is 0.918. The summed E-state index contributed by atoms with van der Waals surface area (Å²) in [6.07, 6.45) is 2.13. The number of hydrogen-bond acceptors (Lipinski definition) is 6. The second kappa shape index (κ2) is 6.69. The van der Waals surface area contributed by atoms with Gasteiger partial charge < -0.3 is 19.3 Å². The summed E-state index contributed by atoms with van der Waals surface area (Å²) >= 11 is 0. The molecule has 0 radical (unpaired) electrons. The molecule has 0 bridgehead atoms. The molecule has 21 heavy (non-hydrogen) atoms. The quantitative estimate of drug-likeness (QED) is 0.903. The van der Waals surface area contributed by atoms with Gasteiger partial charge in [-0.3, -0.25) is 0 Å². The lowest BCUT2D eigenvalue weighted by molar-refractivity contribution is 0.0212. The summed E-state index contributed by atoms with van der Waals surface area (Å²) in [6.45, 7) is 2.05. The lowest BCUT2D eigenvalue weighted by Crippen LogP contribution is -2.40. The number of piperidine rings is 1. The Bertz CT molecular complexity index is 558. The Hall–Kier alpha value is -1.92. The lowest BCUT2D eigenvalue weighted by atomic mass is 10.1. The number of rotatable bonds is 5. The molecule has 1 atom stereocenters. The molecular weight excluding hydrogens is 270 g/mol. The van der Waals surface area contributed by atoms with Crippen LogP contribution in [0.3, 0.4) is 0 Å².